The Balaban J connectivity index is 1.50. The molecule has 26 heavy (non-hydrogen) atoms. The van der Waals surface area contributed by atoms with E-state index in [2.05, 4.69) is 5.32 Å². The molecular formula is C20H21FN2O3. The third-order valence-electron chi connectivity index (χ3n) is 4.41. The molecule has 2 aromatic carbocycles. The molecule has 0 bridgehead atoms. The fraction of sp³-hybridized carbons (Fsp3) is 0.300. The van der Waals surface area contributed by atoms with E-state index in [1.165, 1.54) is 12.1 Å². The number of likely N-dealkylation sites (tertiary alicyclic amines) is 1. The summed E-state index contributed by atoms with van der Waals surface area (Å²) >= 11 is 0. The number of halogens is 1. The van der Waals surface area contributed by atoms with Crippen LogP contribution in [-0.2, 0) is 16.1 Å². The summed E-state index contributed by atoms with van der Waals surface area (Å²) in [5.41, 5.74) is 0.932. The van der Waals surface area contributed by atoms with Crippen LogP contribution in [0.25, 0.3) is 0 Å². The number of ether oxygens (including phenoxy) is 1. The van der Waals surface area contributed by atoms with E-state index in [1.807, 2.05) is 19.1 Å². The van der Waals surface area contributed by atoms with Gasteiger partial charge in [0.2, 0.25) is 11.8 Å². The smallest absolute Gasteiger partial charge is 0.225 e. The lowest BCUT2D eigenvalue weighted by Gasteiger charge is -2.13. The molecule has 0 saturated carbocycles. The van der Waals surface area contributed by atoms with Crippen LogP contribution < -0.4 is 10.1 Å². The summed E-state index contributed by atoms with van der Waals surface area (Å²) in [6.07, 6.45) is 0.282. The average molecular weight is 356 g/mol. The van der Waals surface area contributed by atoms with Crippen molar-refractivity contribution < 1.29 is 18.7 Å². The highest BCUT2D eigenvalue weighted by atomic mass is 19.1. The van der Waals surface area contributed by atoms with Gasteiger partial charge in [-0.25, -0.2) is 4.39 Å². The van der Waals surface area contributed by atoms with Crippen LogP contribution in [-0.4, -0.2) is 29.8 Å². The Bertz CT molecular complexity index is 775. The van der Waals surface area contributed by atoms with E-state index in [9.17, 15) is 14.0 Å². The number of rotatable bonds is 6. The number of carbonyl (C=O) groups is 2. The van der Waals surface area contributed by atoms with Crippen LogP contribution in [0.1, 0.15) is 18.9 Å². The summed E-state index contributed by atoms with van der Waals surface area (Å²) in [5, 5.41) is 2.88. The molecule has 0 radical (unpaired) electrons. The van der Waals surface area contributed by atoms with Gasteiger partial charge in [0.05, 0.1) is 5.92 Å². The number of hydrogen-bond acceptors (Lipinski definition) is 3. The van der Waals surface area contributed by atoms with Crippen molar-refractivity contribution in [3.05, 3.63) is 59.9 Å². The third kappa shape index (κ3) is 4.39. The van der Waals surface area contributed by atoms with E-state index in [0.717, 1.165) is 5.56 Å². The van der Waals surface area contributed by atoms with E-state index in [1.54, 1.807) is 29.2 Å². The van der Waals surface area contributed by atoms with Crippen LogP contribution in [0, 0.1) is 11.7 Å². The Labute approximate surface area is 151 Å². The predicted octanol–water partition coefficient (Wildman–Crippen LogP) is 3.10. The summed E-state index contributed by atoms with van der Waals surface area (Å²) in [5.74, 6) is 0.541. The Morgan fingerprint density at radius 2 is 1.77 bits per heavy atom. The molecule has 3 rings (SSSR count). The van der Waals surface area contributed by atoms with Gasteiger partial charge in [-0.1, -0.05) is 12.1 Å². The zero-order chi connectivity index (χ0) is 18.5. The summed E-state index contributed by atoms with van der Waals surface area (Å²) in [6, 6.07) is 13.1. The fourth-order valence-electron chi connectivity index (χ4n) is 2.90. The Morgan fingerprint density at radius 3 is 2.35 bits per heavy atom. The molecule has 1 fully saturated rings. The van der Waals surface area contributed by atoms with Crippen molar-refractivity contribution >= 4 is 11.8 Å². The van der Waals surface area contributed by atoms with Crippen molar-refractivity contribution in [3.8, 4) is 11.5 Å². The zero-order valence-electron chi connectivity index (χ0n) is 14.6. The van der Waals surface area contributed by atoms with Crippen LogP contribution in [0.5, 0.6) is 11.5 Å². The van der Waals surface area contributed by atoms with Gasteiger partial charge in [-0.3, -0.25) is 9.59 Å². The molecule has 6 heteroatoms. The second-order valence-electron chi connectivity index (χ2n) is 6.25. The van der Waals surface area contributed by atoms with E-state index < -0.39 is 0 Å². The van der Waals surface area contributed by atoms with Gasteiger partial charge in [-0.05, 0) is 48.9 Å². The van der Waals surface area contributed by atoms with Crippen molar-refractivity contribution in [1.82, 2.24) is 10.2 Å². The van der Waals surface area contributed by atoms with Crippen LogP contribution in [0.4, 0.5) is 4.39 Å². The van der Waals surface area contributed by atoms with Crippen molar-refractivity contribution in [2.75, 3.05) is 13.1 Å². The number of hydrogen-bond donors (Lipinski definition) is 1. The molecule has 1 heterocycles. The molecule has 0 aliphatic carbocycles. The monoisotopic (exact) mass is 356 g/mol. The maximum atomic E-state index is 12.9. The number of amides is 2. The van der Waals surface area contributed by atoms with Crippen LogP contribution in [0.3, 0.4) is 0 Å². The van der Waals surface area contributed by atoms with Gasteiger partial charge in [-0.2, -0.15) is 0 Å². The SMILES string of the molecule is CCN1CC(C(=O)NCc2ccc(Oc3ccc(F)cc3)cc2)CC1=O. The summed E-state index contributed by atoms with van der Waals surface area (Å²) in [6.45, 7) is 3.43. The minimum Gasteiger partial charge on any atom is -0.457 e. The first kappa shape index (κ1) is 17.9. The normalized spacial score (nSPS) is 16.6. The molecule has 1 aliphatic rings. The number of nitrogens with one attached hydrogen (secondary N) is 1. The molecule has 0 spiro atoms. The Hall–Kier alpha value is -2.89. The van der Waals surface area contributed by atoms with E-state index in [0.29, 0.717) is 31.1 Å². The minimum atomic E-state index is -0.311. The van der Waals surface area contributed by atoms with Gasteiger partial charge in [0.15, 0.2) is 0 Å². The Morgan fingerprint density at radius 1 is 1.15 bits per heavy atom. The lowest BCUT2D eigenvalue weighted by atomic mass is 10.1. The second-order valence-corrected chi connectivity index (χ2v) is 6.25. The number of carbonyl (C=O) groups excluding carboxylic acids is 2. The second kappa shape index (κ2) is 7.99. The fourth-order valence-corrected chi connectivity index (χ4v) is 2.90. The summed E-state index contributed by atoms with van der Waals surface area (Å²) in [7, 11) is 0. The number of nitrogens with zero attached hydrogens (tertiary/aromatic N) is 1. The highest BCUT2D eigenvalue weighted by Crippen LogP contribution is 2.22. The highest BCUT2D eigenvalue weighted by molar-refractivity contribution is 5.89. The van der Waals surface area contributed by atoms with Crippen LogP contribution >= 0.6 is 0 Å². The molecule has 1 aliphatic heterocycles. The zero-order valence-corrected chi connectivity index (χ0v) is 14.6. The topological polar surface area (TPSA) is 58.6 Å². The maximum absolute atomic E-state index is 12.9. The maximum Gasteiger partial charge on any atom is 0.225 e. The molecule has 5 nitrogen and oxygen atoms in total. The van der Waals surface area contributed by atoms with Gasteiger partial charge in [-0.15, -0.1) is 0 Å². The van der Waals surface area contributed by atoms with Gasteiger partial charge in [0.25, 0.3) is 0 Å². The summed E-state index contributed by atoms with van der Waals surface area (Å²) < 4.78 is 18.5. The molecule has 1 N–H and O–H groups in total. The molecular weight excluding hydrogens is 335 g/mol. The molecule has 136 valence electrons. The van der Waals surface area contributed by atoms with Gasteiger partial charge < -0.3 is 15.0 Å². The quantitative estimate of drug-likeness (QED) is 0.865. The van der Waals surface area contributed by atoms with E-state index in [4.69, 9.17) is 4.74 Å². The first-order valence-electron chi connectivity index (χ1n) is 8.63. The van der Waals surface area contributed by atoms with Crippen molar-refractivity contribution in [2.45, 2.75) is 19.9 Å². The molecule has 1 saturated heterocycles. The first-order valence-corrected chi connectivity index (χ1v) is 8.63. The van der Waals surface area contributed by atoms with Gasteiger partial charge >= 0.3 is 0 Å². The first-order chi connectivity index (χ1) is 12.5. The predicted molar refractivity (Wildman–Crippen MR) is 95.1 cm³/mol. The third-order valence-corrected chi connectivity index (χ3v) is 4.41. The number of benzene rings is 2. The largest absolute Gasteiger partial charge is 0.457 e. The molecule has 0 aromatic heterocycles. The molecule has 1 atom stereocenters. The standard InChI is InChI=1S/C20H21FN2O3/c1-2-23-13-15(11-19(23)24)20(25)22-12-14-3-7-17(8-4-14)26-18-9-5-16(21)6-10-18/h3-10,15H,2,11-13H2,1H3,(H,22,25). The molecule has 2 aromatic rings. The van der Waals surface area contributed by atoms with E-state index >= 15 is 0 Å². The molecule has 1 unspecified atom stereocenters. The van der Waals surface area contributed by atoms with Crippen molar-refractivity contribution in [1.29, 1.82) is 0 Å². The lowest BCUT2D eigenvalue weighted by molar-refractivity contribution is -0.128. The lowest BCUT2D eigenvalue weighted by Crippen LogP contribution is -2.32. The van der Waals surface area contributed by atoms with Crippen LogP contribution in [0.15, 0.2) is 48.5 Å². The van der Waals surface area contributed by atoms with Crippen molar-refractivity contribution in [3.63, 3.8) is 0 Å². The average Bonchev–Trinajstić information content (AvgIpc) is 3.04. The van der Waals surface area contributed by atoms with Crippen LogP contribution in [0.2, 0.25) is 0 Å². The van der Waals surface area contributed by atoms with Crippen molar-refractivity contribution in [2.24, 2.45) is 5.92 Å². The Kier molecular flexibility index (Phi) is 5.51. The minimum absolute atomic E-state index is 0.0370. The van der Waals surface area contributed by atoms with Gasteiger partial charge in [0, 0.05) is 26.1 Å². The molecule has 2 amide bonds. The highest BCUT2D eigenvalue weighted by Gasteiger charge is 2.33. The summed E-state index contributed by atoms with van der Waals surface area (Å²) in [4.78, 5) is 25.6. The van der Waals surface area contributed by atoms with Gasteiger partial charge in [0.1, 0.15) is 17.3 Å². The van der Waals surface area contributed by atoms with E-state index in [-0.39, 0.29) is 30.0 Å².